The minimum atomic E-state index is -0.314. The van der Waals surface area contributed by atoms with Gasteiger partial charge in [-0.3, -0.25) is 0 Å². The van der Waals surface area contributed by atoms with Gasteiger partial charge in [-0.15, -0.1) is 0 Å². The lowest BCUT2D eigenvalue weighted by Gasteiger charge is -2.21. The summed E-state index contributed by atoms with van der Waals surface area (Å²) in [5, 5.41) is 0.0748. The molecule has 0 saturated heterocycles. The maximum atomic E-state index is 11.1. The summed E-state index contributed by atoms with van der Waals surface area (Å²) >= 11 is 0. The molecule has 2 radical (unpaired) electrons. The van der Waals surface area contributed by atoms with Crippen molar-refractivity contribution in [3.63, 3.8) is 0 Å². The molecule has 15 heavy (non-hydrogen) atoms. The highest BCUT2D eigenvalue weighted by atomic mass is 28.2. The number of rotatable bonds is 7. The average molecular weight is 228 g/mol. The molecule has 0 aliphatic carbocycles. The number of esters is 1. The number of hydrogen-bond acceptors (Lipinski definition) is 3. The SMILES string of the molecule is C=C(C)C(=O)OCCC(C)(C)[Si]OCC. The number of hydrogen-bond donors (Lipinski definition) is 0. The van der Waals surface area contributed by atoms with Crippen molar-refractivity contribution in [2.45, 2.75) is 39.2 Å². The Labute approximate surface area is 94.8 Å². The van der Waals surface area contributed by atoms with Gasteiger partial charge < -0.3 is 9.16 Å². The molecule has 0 spiro atoms. The minimum Gasteiger partial charge on any atom is -0.462 e. The van der Waals surface area contributed by atoms with Crippen LogP contribution in [0.2, 0.25) is 5.04 Å². The van der Waals surface area contributed by atoms with Gasteiger partial charge in [-0.25, -0.2) is 4.79 Å². The topological polar surface area (TPSA) is 35.5 Å². The van der Waals surface area contributed by atoms with E-state index in [0.717, 1.165) is 13.0 Å². The molecule has 0 amide bonds. The molecule has 0 aromatic carbocycles. The highest BCUT2D eigenvalue weighted by Gasteiger charge is 2.20. The van der Waals surface area contributed by atoms with E-state index in [4.69, 9.17) is 9.16 Å². The Morgan fingerprint density at radius 2 is 2.07 bits per heavy atom. The highest BCUT2D eigenvalue weighted by Crippen LogP contribution is 2.27. The summed E-state index contributed by atoms with van der Waals surface area (Å²) in [6.07, 6.45) is 0.810. The van der Waals surface area contributed by atoms with E-state index in [1.807, 2.05) is 6.92 Å². The number of carbonyl (C=O) groups excluding carboxylic acids is 1. The smallest absolute Gasteiger partial charge is 0.333 e. The molecule has 4 heteroatoms. The van der Waals surface area contributed by atoms with E-state index < -0.39 is 0 Å². The van der Waals surface area contributed by atoms with Crippen molar-refractivity contribution in [3.05, 3.63) is 12.2 Å². The van der Waals surface area contributed by atoms with Crippen molar-refractivity contribution in [2.75, 3.05) is 13.2 Å². The van der Waals surface area contributed by atoms with Crippen LogP contribution in [-0.2, 0) is 14.0 Å². The summed E-state index contributed by atoms with van der Waals surface area (Å²) in [7, 11) is 0.443. The molecule has 0 heterocycles. The van der Waals surface area contributed by atoms with Crippen molar-refractivity contribution in [1.82, 2.24) is 0 Å². The zero-order chi connectivity index (χ0) is 11.9. The molecule has 0 aliphatic rings. The summed E-state index contributed by atoms with van der Waals surface area (Å²) in [5.41, 5.74) is 0.445. The largest absolute Gasteiger partial charge is 0.462 e. The Morgan fingerprint density at radius 3 is 2.53 bits per heavy atom. The molecule has 0 rings (SSSR count). The van der Waals surface area contributed by atoms with Gasteiger partial charge in [0.25, 0.3) is 0 Å². The first-order valence-corrected chi connectivity index (χ1v) is 6.01. The van der Waals surface area contributed by atoms with E-state index >= 15 is 0 Å². The third-order valence-electron chi connectivity index (χ3n) is 1.80. The van der Waals surface area contributed by atoms with Crippen molar-refractivity contribution in [3.8, 4) is 0 Å². The van der Waals surface area contributed by atoms with Gasteiger partial charge in [0.05, 0.1) is 6.61 Å². The van der Waals surface area contributed by atoms with Crippen molar-refractivity contribution in [1.29, 1.82) is 0 Å². The molecule has 86 valence electrons. The van der Waals surface area contributed by atoms with E-state index in [1.165, 1.54) is 0 Å². The Kier molecular flexibility index (Phi) is 6.52. The molecule has 0 aliphatic heterocycles. The molecule has 0 aromatic rings. The molecule has 0 fully saturated rings. The first-order valence-electron chi connectivity index (χ1n) is 5.10. The van der Waals surface area contributed by atoms with Crippen LogP contribution < -0.4 is 0 Å². The van der Waals surface area contributed by atoms with Gasteiger partial charge in [0, 0.05) is 12.2 Å². The Hall–Kier alpha value is -0.613. The van der Waals surface area contributed by atoms with Crippen molar-refractivity contribution >= 4 is 15.7 Å². The summed E-state index contributed by atoms with van der Waals surface area (Å²) < 4.78 is 10.4. The van der Waals surface area contributed by atoms with Crippen LogP contribution in [0.3, 0.4) is 0 Å². The summed E-state index contributed by atoms with van der Waals surface area (Å²) in [4.78, 5) is 11.1. The third-order valence-corrected chi connectivity index (χ3v) is 3.04. The lowest BCUT2D eigenvalue weighted by molar-refractivity contribution is -0.139. The van der Waals surface area contributed by atoms with Gasteiger partial charge in [-0.2, -0.15) is 0 Å². The fourth-order valence-electron chi connectivity index (χ4n) is 0.841. The van der Waals surface area contributed by atoms with Gasteiger partial charge in [-0.05, 0) is 25.3 Å². The molecular formula is C11H20O3Si. The molecule has 0 bridgehead atoms. The van der Waals surface area contributed by atoms with E-state index in [-0.39, 0.29) is 11.0 Å². The van der Waals surface area contributed by atoms with E-state index in [0.29, 0.717) is 21.9 Å². The van der Waals surface area contributed by atoms with Gasteiger partial charge in [-0.1, -0.05) is 20.4 Å². The van der Waals surface area contributed by atoms with Crippen LogP contribution in [0.15, 0.2) is 12.2 Å². The van der Waals surface area contributed by atoms with Gasteiger partial charge >= 0.3 is 5.97 Å². The van der Waals surface area contributed by atoms with Crippen LogP contribution in [0.25, 0.3) is 0 Å². The Bertz CT molecular complexity index is 224. The molecule has 0 N–H and O–H groups in total. The van der Waals surface area contributed by atoms with Crippen molar-refractivity contribution < 1.29 is 14.0 Å². The van der Waals surface area contributed by atoms with Crippen molar-refractivity contribution in [2.24, 2.45) is 0 Å². The molecule has 0 saturated carbocycles. The molecular weight excluding hydrogens is 208 g/mol. The average Bonchev–Trinajstić information content (AvgIpc) is 2.14. The molecule has 0 aromatic heterocycles. The zero-order valence-electron chi connectivity index (χ0n) is 10.1. The first kappa shape index (κ1) is 14.4. The van der Waals surface area contributed by atoms with Crippen LogP contribution >= 0.6 is 0 Å². The normalized spacial score (nSPS) is 11.2. The summed E-state index contributed by atoms with van der Waals surface area (Å²) in [5.74, 6) is -0.314. The molecule has 3 nitrogen and oxygen atoms in total. The second-order valence-electron chi connectivity index (χ2n) is 4.09. The van der Waals surface area contributed by atoms with Crippen LogP contribution in [0, 0.1) is 0 Å². The van der Waals surface area contributed by atoms with Crippen LogP contribution in [0.1, 0.15) is 34.1 Å². The van der Waals surface area contributed by atoms with Crippen LogP contribution in [0.5, 0.6) is 0 Å². The monoisotopic (exact) mass is 228 g/mol. The molecule has 0 unspecified atom stereocenters. The van der Waals surface area contributed by atoms with Crippen LogP contribution in [0.4, 0.5) is 0 Å². The zero-order valence-corrected chi connectivity index (χ0v) is 11.1. The van der Waals surface area contributed by atoms with E-state index in [1.54, 1.807) is 6.92 Å². The number of carbonyl (C=O) groups is 1. The fraction of sp³-hybridized carbons (Fsp3) is 0.727. The Morgan fingerprint density at radius 1 is 1.47 bits per heavy atom. The lowest BCUT2D eigenvalue weighted by Crippen LogP contribution is -2.19. The first-order chi connectivity index (χ1) is 6.89. The quantitative estimate of drug-likeness (QED) is 0.381. The number of ether oxygens (including phenoxy) is 1. The third kappa shape index (κ3) is 7.33. The van der Waals surface area contributed by atoms with Crippen LogP contribution in [-0.4, -0.2) is 28.9 Å². The van der Waals surface area contributed by atoms with E-state index in [9.17, 15) is 4.79 Å². The Balaban J connectivity index is 3.74. The van der Waals surface area contributed by atoms with E-state index in [2.05, 4.69) is 20.4 Å². The predicted octanol–water partition coefficient (Wildman–Crippen LogP) is 2.35. The van der Waals surface area contributed by atoms with Gasteiger partial charge in [0.1, 0.15) is 0 Å². The minimum absolute atomic E-state index is 0.0748. The van der Waals surface area contributed by atoms with Gasteiger partial charge in [0.15, 0.2) is 0 Å². The second-order valence-corrected chi connectivity index (χ2v) is 5.93. The summed E-state index contributed by atoms with van der Waals surface area (Å²) in [6, 6.07) is 0. The maximum absolute atomic E-state index is 11.1. The standard InChI is InChI=1S/C11H20O3Si/c1-6-14-15-11(4,5)7-8-13-10(12)9(2)3/h2,6-8H2,1,3-5H3. The lowest BCUT2D eigenvalue weighted by atomic mass is 10.1. The summed E-state index contributed by atoms with van der Waals surface area (Å²) in [6.45, 7) is 12.5. The highest BCUT2D eigenvalue weighted by molar-refractivity contribution is 6.31. The fourth-order valence-corrected chi connectivity index (χ4v) is 1.58. The maximum Gasteiger partial charge on any atom is 0.333 e. The van der Waals surface area contributed by atoms with Gasteiger partial charge in [0.2, 0.25) is 9.76 Å². The predicted molar refractivity (Wildman–Crippen MR) is 61.8 cm³/mol. The molecule has 0 atom stereocenters. The second kappa shape index (κ2) is 6.79.